The summed E-state index contributed by atoms with van der Waals surface area (Å²) in [6.45, 7) is 4.31. The minimum atomic E-state index is 0.102. The largest absolute Gasteiger partial charge is 0.477 e. The average Bonchev–Trinajstić information content (AvgIpc) is 3.55. The van der Waals surface area contributed by atoms with E-state index >= 15 is 0 Å². The number of fused-ring (bicyclic) bond motifs is 1. The van der Waals surface area contributed by atoms with Gasteiger partial charge in [-0.05, 0) is 51.0 Å². The van der Waals surface area contributed by atoms with Crippen LogP contribution in [0, 0.1) is 30.1 Å². The van der Waals surface area contributed by atoms with Gasteiger partial charge in [-0.15, -0.1) is 0 Å². The number of imidazole rings is 1. The number of likely N-dealkylation sites (tertiary alicyclic amines) is 1. The molecule has 1 aliphatic carbocycles. The van der Waals surface area contributed by atoms with Crippen LogP contribution in [0.25, 0.3) is 22.4 Å². The van der Waals surface area contributed by atoms with Crippen LogP contribution in [-0.2, 0) is 11.8 Å². The first kappa shape index (κ1) is 23.2. The highest BCUT2D eigenvalue weighted by atomic mass is 16.5. The first-order valence-electron chi connectivity index (χ1n) is 12.5. The fourth-order valence-corrected chi connectivity index (χ4v) is 5.30. The maximum Gasteiger partial charge on any atom is 0.234 e. The molecule has 0 atom stereocenters. The minimum absolute atomic E-state index is 0.102. The average molecular weight is 474 g/mol. The number of ether oxygens (including phenoxy) is 1. The molecule has 5 rings (SSSR count). The van der Waals surface area contributed by atoms with E-state index in [1.807, 2.05) is 26.1 Å². The van der Waals surface area contributed by atoms with Crippen molar-refractivity contribution >= 4 is 17.1 Å². The highest BCUT2D eigenvalue weighted by Crippen LogP contribution is 2.30. The number of aryl methyl sites for hydroxylation is 2. The first-order chi connectivity index (χ1) is 17.0. The molecule has 3 aromatic heterocycles. The van der Waals surface area contributed by atoms with E-state index in [9.17, 15) is 10.1 Å². The number of rotatable bonds is 6. The van der Waals surface area contributed by atoms with Crippen LogP contribution in [0.2, 0.25) is 0 Å². The van der Waals surface area contributed by atoms with Crippen LogP contribution in [0.4, 0.5) is 0 Å². The Morgan fingerprint density at radius 3 is 2.66 bits per heavy atom. The lowest BCUT2D eigenvalue weighted by molar-refractivity contribution is -0.136. The monoisotopic (exact) mass is 473 g/mol. The number of hydrogen-bond acceptors (Lipinski definition) is 7. The second-order valence-electron chi connectivity index (χ2n) is 9.77. The van der Waals surface area contributed by atoms with Gasteiger partial charge in [0.25, 0.3) is 0 Å². The van der Waals surface area contributed by atoms with Crippen LogP contribution in [0.3, 0.4) is 0 Å². The van der Waals surface area contributed by atoms with Gasteiger partial charge in [-0.25, -0.2) is 15.0 Å². The second kappa shape index (κ2) is 9.98. The molecule has 1 aliphatic heterocycles. The number of carbonyl (C=O) groups is 1. The molecule has 4 heterocycles. The topological polar surface area (TPSA) is 110 Å². The van der Waals surface area contributed by atoms with E-state index in [2.05, 4.69) is 24.8 Å². The number of amides is 1. The molecule has 2 fully saturated rings. The number of nitriles is 1. The summed E-state index contributed by atoms with van der Waals surface area (Å²) in [7, 11) is 1.84. The zero-order chi connectivity index (χ0) is 24.4. The van der Waals surface area contributed by atoms with E-state index in [0.29, 0.717) is 41.2 Å². The first-order valence-corrected chi connectivity index (χ1v) is 12.5. The van der Waals surface area contributed by atoms with E-state index in [1.54, 1.807) is 17.1 Å². The summed E-state index contributed by atoms with van der Waals surface area (Å²) in [4.78, 5) is 32.3. The van der Waals surface area contributed by atoms with Gasteiger partial charge in [0, 0.05) is 43.4 Å². The summed E-state index contributed by atoms with van der Waals surface area (Å²) in [6, 6.07) is 3.99. The van der Waals surface area contributed by atoms with Crippen molar-refractivity contribution in [2.45, 2.75) is 51.9 Å². The molecule has 1 saturated carbocycles. The van der Waals surface area contributed by atoms with E-state index < -0.39 is 0 Å². The van der Waals surface area contributed by atoms with Crippen LogP contribution in [-0.4, -0.2) is 55.0 Å². The van der Waals surface area contributed by atoms with Gasteiger partial charge in [0.1, 0.15) is 17.3 Å². The van der Waals surface area contributed by atoms with Crippen LogP contribution in [0.5, 0.6) is 5.88 Å². The molecule has 35 heavy (non-hydrogen) atoms. The fraction of sp³-hybridized carbons (Fsp3) is 0.538. The Bertz CT molecular complexity index is 1260. The van der Waals surface area contributed by atoms with Crippen molar-refractivity contribution in [1.29, 1.82) is 5.26 Å². The van der Waals surface area contributed by atoms with Gasteiger partial charge in [-0.2, -0.15) is 10.2 Å². The number of pyridine rings is 1. The van der Waals surface area contributed by atoms with Gasteiger partial charge in [0.2, 0.25) is 17.6 Å². The fourth-order valence-electron chi connectivity index (χ4n) is 5.30. The van der Waals surface area contributed by atoms with Gasteiger partial charge in [0.05, 0.1) is 12.9 Å². The predicted octanol–water partition coefficient (Wildman–Crippen LogP) is 3.80. The van der Waals surface area contributed by atoms with Crippen molar-refractivity contribution in [2.75, 3.05) is 19.7 Å². The van der Waals surface area contributed by atoms with Crippen LogP contribution in [0.1, 0.15) is 56.3 Å². The standard InChI is InChI=1S/C26H31N7O2/c1-17-13-20(22-23-24(32(2)16-29-23)31-21(14-27)30-22)15-28-25(17)35-12-9-18-7-10-33(11-8-18)26(34)19-5-3-4-6-19/h13,15-16,18-19H,3-12H2,1-2H3. The van der Waals surface area contributed by atoms with Crippen molar-refractivity contribution in [2.24, 2.45) is 18.9 Å². The molecule has 0 N–H and O–H groups in total. The van der Waals surface area contributed by atoms with E-state index in [1.165, 1.54) is 12.8 Å². The summed E-state index contributed by atoms with van der Waals surface area (Å²) >= 11 is 0. The van der Waals surface area contributed by atoms with Crippen LogP contribution < -0.4 is 4.74 Å². The quantitative estimate of drug-likeness (QED) is 0.535. The Labute approximate surface area is 205 Å². The molecular formula is C26H31N7O2. The van der Waals surface area contributed by atoms with Crippen LogP contribution in [0.15, 0.2) is 18.6 Å². The predicted molar refractivity (Wildman–Crippen MR) is 130 cm³/mol. The summed E-state index contributed by atoms with van der Waals surface area (Å²) in [6.07, 6.45) is 11.0. The third-order valence-electron chi connectivity index (χ3n) is 7.36. The lowest BCUT2D eigenvalue weighted by Crippen LogP contribution is -2.41. The second-order valence-corrected chi connectivity index (χ2v) is 9.77. The molecule has 0 aromatic carbocycles. The molecule has 1 saturated heterocycles. The van der Waals surface area contributed by atoms with Gasteiger partial charge in [0.15, 0.2) is 5.65 Å². The summed E-state index contributed by atoms with van der Waals surface area (Å²) in [5, 5.41) is 9.33. The molecule has 9 nitrogen and oxygen atoms in total. The van der Waals surface area contributed by atoms with E-state index in [4.69, 9.17) is 4.74 Å². The number of aromatic nitrogens is 5. The summed E-state index contributed by atoms with van der Waals surface area (Å²) < 4.78 is 7.80. The van der Waals surface area contributed by atoms with Gasteiger partial charge < -0.3 is 14.2 Å². The Morgan fingerprint density at radius 2 is 1.94 bits per heavy atom. The Morgan fingerprint density at radius 1 is 1.17 bits per heavy atom. The third-order valence-corrected chi connectivity index (χ3v) is 7.36. The lowest BCUT2D eigenvalue weighted by Gasteiger charge is -2.33. The Balaban J connectivity index is 1.18. The number of nitrogens with zero attached hydrogens (tertiary/aromatic N) is 7. The maximum atomic E-state index is 12.6. The van der Waals surface area contributed by atoms with Gasteiger partial charge in [-0.1, -0.05) is 12.8 Å². The number of piperidine rings is 1. The normalized spacial score (nSPS) is 17.1. The van der Waals surface area contributed by atoms with Gasteiger partial charge >= 0.3 is 0 Å². The Kier molecular flexibility index (Phi) is 6.62. The lowest BCUT2D eigenvalue weighted by atomic mass is 9.93. The van der Waals surface area contributed by atoms with Crippen molar-refractivity contribution in [3.05, 3.63) is 30.0 Å². The molecule has 0 bridgehead atoms. The molecule has 182 valence electrons. The van der Waals surface area contributed by atoms with Crippen molar-refractivity contribution in [3.63, 3.8) is 0 Å². The zero-order valence-electron chi connectivity index (χ0n) is 20.4. The smallest absolute Gasteiger partial charge is 0.234 e. The van der Waals surface area contributed by atoms with E-state index in [-0.39, 0.29) is 11.7 Å². The molecule has 0 radical (unpaired) electrons. The molecule has 3 aromatic rings. The van der Waals surface area contributed by atoms with Crippen LogP contribution >= 0.6 is 0 Å². The van der Waals surface area contributed by atoms with E-state index in [0.717, 1.165) is 56.3 Å². The van der Waals surface area contributed by atoms with Crippen molar-refractivity contribution in [1.82, 2.24) is 29.4 Å². The SMILES string of the molecule is Cc1cc(-c2nc(C#N)nc3c2ncn3C)cnc1OCCC1CCN(C(=O)C2CCCC2)CC1. The molecule has 9 heteroatoms. The molecular weight excluding hydrogens is 442 g/mol. The molecule has 0 unspecified atom stereocenters. The zero-order valence-corrected chi connectivity index (χ0v) is 20.4. The maximum absolute atomic E-state index is 12.6. The summed E-state index contributed by atoms with van der Waals surface area (Å²) in [5.74, 6) is 1.93. The number of hydrogen-bond donors (Lipinski definition) is 0. The van der Waals surface area contributed by atoms with Gasteiger partial charge in [-0.3, -0.25) is 4.79 Å². The molecule has 0 spiro atoms. The molecule has 2 aliphatic rings. The highest BCUT2D eigenvalue weighted by molar-refractivity contribution is 5.87. The highest BCUT2D eigenvalue weighted by Gasteiger charge is 2.30. The van der Waals surface area contributed by atoms with Crippen molar-refractivity contribution in [3.8, 4) is 23.2 Å². The van der Waals surface area contributed by atoms with Crippen molar-refractivity contribution < 1.29 is 9.53 Å². The summed E-state index contributed by atoms with van der Waals surface area (Å²) in [5.41, 5.74) is 3.52. The number of carbonyl (C=O) groups excluding carboxylic acids is 1. The minimum Gasteiger partial charge on any atom is -0.477 e. The Hall–Kier alpha value is -3.54. The molecule has 1 amide bonds. The third kappa shape index (κ3) is 4.83.